The van der Waals surface area contributed by atoms with Gasteiger partial charge in [-0.05, 0) is 32.0 Å². The molecule has 1 atom stereocenters. The lowest BCUT2D eigenvalue weighted by atomic mass is 9.94. The van der Waals surface area contributed by atoms with Crippen LogP contribution in [-0.2, 0) is 12.0 Å². The maximum absolute atomic E-state index is 5.82. The van der Waals surface area contributed by atoms with Crippen molar-refractivity contribution in [2.24, 2.45) is 4.99 Å². The Labute approximate surface area is 167 Å². The summed E-state index contributed by atoms with van der Waals surface area (Å²) in [5, 5.41) is 6.66. The molecule has 0 aliphatic carbocycles. The summed E-state index contributed by atoms with van der Waals surface area (Å²) in [4.78, 5) is 8.95. The largest absolute Gasteiger partial charge is 0.497 e. The molecule has 0 bridgehead atoms. The number of methoxy groups -OCH3 is 2. The number of aliphatic imine (C=N–C) groups is 1. The third kappa shape index (κ3) is 5.65. The van der Waals surface area contributed by atoms with Crippen LogP contribution in [0.15, 0.2) is 33.8 Å². The highest BCUT2D eigenvalue weighted by molar-refractivity contribution is 5.80. The SMILES string of the molecule is CCNC(=NCc1ncc(C(C)(C)C)o1)NC(C)c1cc(OC)ccc1OC. The van der Waals surface area contributed by atoms with Crippen LogP contribution in [0.25, 0.3) is 0 Å². The van der Waals surface area contributed by atoms with E-state index in [9.17, 15) is 0 Å². The van der Waals surface area contributed by atoms with Crippen molar-refractivity contribution in [3.63, 3.8) is 0 Å². The number of hydrogen-bond donors (Lipinski definition) is 2. The lowest BCUT2D eigenvalue weighted by Crippen LogP contribution is -2.38. The Bertz CT molecular complexity index is 793. The third-order valence-electron chi connectivity index (χ3n) is 4.27. The highest BCUT2D eigenvalue weighted by atomic mass is 16.5. The zero-order valence-electron chi connectivity index (χ0n) is 17.9. The van der Waals surface area contributed by atoms with Gasteiger partial charge in [0.1, 0.15) is 23.8 Å². The number of nitrogens with zero attached hydrogens (tertiary/aromatic N) is 2. The monoisotopic (exact) mass is 388 g/mol. The van der Waals surface area contributed by atoms with Crippen molar-refractivity contribution in [2.75, 3.05) is 20.8 Å². The molecule has 0 saturated heterocycles. The van der Waals surface area contributed by atoms with Gasteiger partial charge in [-0.25, -0.2) is 9.98 Å². The molecule has 7 heteroatoms. The van der Waals surface area contributed by atoms with Crippen LogP contribution < -0.4 is 20.1 Å². The molecule has 0 spiro atoms. The molecular formula is C21H32N4O3. The van der Waals surface area contributed by atoms with E-state index in [0.717, 1.165) is 29.4 Å². The normalized spacial score (nSPS) is 13.2. The van der Waals surface area contributed by atoms with E-state index >= 15 is 0 Å². The first kappa shape index (κ1) is 21.6. The van der Waals surface area contributed by atoms with Crippen molar-refractivity contribution in [3.05, 3.63) is 41.6 Å². The zero-order valence-corrected chi connectivity index (χ0v) is 17.9. The number of aromatic nitrogens is 1. The standard InChI is InChI=1S/C21H32N4O3/c1-8-22-20(24-13-19-23-12-18(28-19)21(3,4)5)25-14(2)16-11-15(26-6)9-10-17(16)27-7/h9-12,14H,8,13H2,1-7H3,(H2,22,24,25). The second-order valence-corrected chi connectivity index (χ2v) is 7.54. The number of ether oxygens (including phenoxy) is 2. The van der Waals surface area contributed by atoms with Crippen molar-refractivity contribution >= 4 is 5.96 Å². The number of rotatable bonds is 7. The van der Waals surface area contributed by atoms with Crippen LogP contribution in [-0.4, -0.2) is 31.7 Å². The van der Waals surface area contributed by atoms with E-state index in [1.54, 1.807) is 20.4 Å². The fraction of sp³-hybridized carbons (Fsp3) is 0.524. The third-order valence-corrected chi connectivity index (χ3v) is 4.27. The lowest BCUT2D eigenvalue weighted by molar-refractivity contribution is 0.383. The molecule has 1 aromatic carbocycles. The first-order valence-electron chi connectivity index (χ1n) is 9.50. The Morgan fingerprint density at radius 3 is 2.57 bits per heavy atom. The number of benzene rings is 1. The molecule has 1 aromatic heterocycles. The summed E-state index contributed by atoms with van der Waals surface area (Å²) in [7, 11) is 3.31. The highest BCUT2D eigenvalue weighted by Crippen LogP contribution is 2.29. The van der Waals surface area contributed by atoms with Crippen LogP contribution in [0.1, 0.15) is 57.9 Å². The van der Waals surface area contributed by atoms with Gasteiger partial charge < -0.3 is 24.5 Å². The van der Waals surface area contributed by atoms with E-state index in [1.165, 1.54) is 0 Å². The summed E-state index contributed by atoms with van der Waals surface area (Å²) >= 11 is 0. The second-order valence-electron chi connectivity index (χ2n) is 7.54. The van der Waals surface area contributed by atoms with Crippen molar-refractivity contribution < 1.29 is 13.9 Å². The number of nitrogens with one attached hydrogen (secondary N) is 2. The molecule has 2 aromatic rings. The van der Waals surface area contributed by atoms with E-state index in [1.807, 2.05) is 32.0 Å². The fourth-order valence-corrected chi connectivity index (χ4v) is 2.66. The first-order valence-corrected chi connectivity index (χ1v) is 9.50. The maximum Gasteiger partial charge on any atom is 0.216 e. The minimum atomic E-state index is -0.0743. The molecule has 0 aliphatic rings. The van der Waals surface area contributed by atoms with E-state index in [0.29, 0.717) is 18.4 Å². The van der Waals surface area contributed by atoms with Crippen LogP contribution in [0.3, 0.4) is 0 Å². The molecule has 0 amide bonds. The molecule has 0 fully saturated rings. The van der Waals surface area contributed by atoms with Gasteiger partial charge in [-0.15, -0.1) is 0 Å². The maximum atomic E-state index is 5.82. The molecule has 2 rings (SSSR count). The number of hydrogen-bond acceptors (Lipinski definition) is 5. The topological polar surface area (TPSA) is 80.9 Å². The summed E-state index contributed by atoms with van der Waals surface area (Å²) in [6.07, 6.45) is 1.77. The Hall–Kier alpha value is -2.70. The predicted octanol–water partition coefficient (Wildman–Crippen LogP) is 3.81. The van der Waals surface area contributed by atoms with Gasteiger partial charge in [0.05, 0.1) is 26.5 Å². The Kier molecular flexibility index (Phi) is 7.31. The van der Waals surface area contributed by atoms with E-state index in [4.69, 9.17) is 13.9 Å². The second kappa shape index (κ2) is 9.48. The summed E-state index contributed by atoms with van der Waals surface area (Å²) in [5.41, 5.74) is 0.911. The van der Waals surface area contributed by atoms with E-state index < -0.39 is 0 Å². The lowest BCUT2D eigenvalue weighted by Gasteiger charge is -2.20. The van der Waals surface area contributed by atoms with Gasteiger partial charge in [0, 0.05) is 17.5 Å². The van der Waals surface area contributed by atoms with E-state index in [-0.39, 0.29) is 11.5 Å². The summed E-state index contributed by atoms with van der Waals surface area (Å²) in [5.74, 6) is 3.69. The van der Waals surface area contributed by atoms with Crippen molar-refractivity contribution in [1.82, 2.24) is 15.6 Å². The van der Waals surface area contributed by atoms with Gasteiger partial charge in [-0.1, -0.05) is 20.8 Å². The van der Waals surface area contributed by atoms with Crippen molar-refractivity contribution in [3.8, 4) is 11.5 Å². The minimum absolute atomic E-state index is 0.0439. The number of guanidine groups is 1. The summed E-state index contributed by atoms with van der Waals surface area (Å²) in [6.45, 7) is 11.4. The summed E-state index contributed by atoms with van der Waals surface area (Å²) < 4.78 is 16.7. The Morgan fingerprint density at radius 1 is 1.25 bits per heavy atom. The Balaban J connectivity index is 2.15. The van der Waals surface area contributed by atoms with Crippen LogP contribution in [0.5, 0.6) is 11.5 Å². The van der Waals surface area contributed by atoms with Crippen molar-refractivity contribution in [2.45, 2.75) is 52.6 Å². The van der Waals surface area contributed by atoms with E-state index in [2.05, 4.69) is 41.4 Å². The van der Waals surface area contributed by atoms with Crippen LogP contribution >= 0.6 is 0 Å². The molecule has 0 radical (unpaired) electrons. The van der Waals surface area contributed by atoms with Gasteiger partial charge in [-0.3, -0.25) is 0 Å². The van der Waals surface area contributed by atoms with Gasteiger partial charge in [0.2, 0.25) is 5.89 Å². The first-order chi connectivity index (χ1) is 13.3. The molecule has 0 saturated carbocycles. The van der Waals surface area contributed by atoms with Gasteiger partial charge in [0.25, 0.3) is 0 Å². The van der Waals surface area contributed by atoms with Gasteiger partial charge in [-0.2, -0.15) is 0 Å². The average Bonchev–Trinajstić information content (AvgIpc) is 3.15. The molecular weight excluding hydrogens is 356 g/mol. The molecule has 28 heavy (non-hydrogen) atoms. The molecule has 2 N–H and O–H groups in total. The Morgan fingerprint density at radius 2 is 2.00 bits per heavy atom. The molecule has 1 unspecified atom stereocenters. The molecule has 154 valence electrons. The van der Waals surface area contributed by atoms with Crippen LogP contribution in [0, 0.1) is 0 Å². The van der Waals surface area contributed by atoms with Crippen molar-refractivity contribution in [1.29, 1.82) is 0 Å². The van der Waals surface area contributed by atoms with Gasteiger partial charge in [0.15, 0.2) is 5.96 Å². The summed E-state index contributed by atoms with van der Waals surface area (Å²) in [6, 6.07) is 5.70. The van der Waals surface area contributed by atoms with Crippen LogP contribution in [0.2, 0.25) is 0 Å². The minimum Gasteiger partial charge on any atom is -0.497 e. The van der Waals surface area contributed by atoms with Gasteiger partial charge >= 0.3 is 0 Å². The molecule has 0 aliphatic heterocycles. The van der Waals surface area contributed by atoms with Crippen LogP contribution in [0.4, 0.5) is 0 Å². The fourth-order valence-electron chi connectivity index (χ4n) is 2.66. The smallest absolute Gasteiger partial charge is 0.216 e. The highest BCUT2D eigenvalue weighted by Gasteiger charge is 2.19. The average molecular weight is 389 g/mol. The molecule has 1 heterocycles. The molecule has 7 nitrogen and oxygen atoms in total. The quantitative estimate of drug-likeness (QED) is 0.555. The predicted molar refractivity (Wildman–Crippen MR) is 111 cm³/mol. The number of oxazole rings is 1. The zero-order chi connectivity index (χ0) is 20.7.